The van der Waals surface area contributed by atoms with Gasteiger partial charge in [0.15, 0.2) is 0 Å². The van der Waals surface area contributed by atoms with Gasteiger partial charge in [-0.2, -0.15) is 0 Å². The second kappa shape index (κ2) is 4.06. The molecule has 1 heterocycles. The molecule has 1 amide bonds. The van der Waals surface area contributed by atoms with Gasteiger partial charge in [-0.15, -0.1) is 6.58 Å². The summed E-state index contributed by atoms with van der Waals surface area (Å²) in [6.45, 7) is 15.1. The van der Waals surface area contributed by atoms with Crippen molar-refractivity contribution in [2.24, 2.45) is 0 Å². The van der Waals surface area contributed by atoms with Crippen LogP contribution in [0.25, 0.3) is 0 Å². The monoisotopic (exact) mass is 223 g/mol. The molecule has 1 rings (SSSR count). The van der Waals surface area contributed by atoms with Crippen LogP contribution in [-0.4, -0.2) is 28.2 Å². The summed E-state index contributed by atoms with van der Waals surface area (Å²) in [6, 6.07) is 0.00509. The zero-order valence-corrected chi connectivity index (χ0v) is 10.6. The molecule has 0 radical (unpaired) electrons. The topological polar surface area (TPSA) is 29.5 Å². The lowest BCUT2D eigenvalue weighted by Crippen LogP contribution is -2.48. The summed E-state index contributed by atoms with van der Waals surface area (Å²) in [7, 11) is 0. The van der Waals surface area contributed by atoms with Crippen molar-refractivity contribution in [2.75, 3.05) is 0 Å². The lowest BCUT2D eigenvalue weighted by Gasteiger charge is -2.32. The van der Waals surface area contributed by atoms with Crippen LogP contribution >= 0.6 is 0 Å². The molecule has 0 aliphatic carbocycles. The number of carbonyl (C=O) groups is 1. The van der Waals surface area contributed by atoms with Gasteiger partial charge in [0.25, 0.3) is 0 Å². The first-order valence-electron chi connectivity index (χ1n) is 5.53. The summed E-state index contributed by atoms with van der Waals surface area (Å²) >= 11 is 0. The normalized spacial score (nSPS) is 26.5. The maximum atomic E-state index is 11.9. The lowest BCUT2D eigenvalue weighted by molar-refractivity contribution is -0.144. The smallest absolute Gasteiger partial charge is 0.248 e. The van der Waals surface area contributed by atoms with E-state index in [1.54, 1.807) is 4.90 Å². The van der Waals surface area contributed by atoms with Crippen LogP contribution in [0.1, 0.15) is 34.1 Å². The van der Waals surface area contributed by atoms with Gasteiger partial charge in [0.2, 0.25) is 5.91 Å². The standard InChI is InChI=1S/C13H21NO2/c1-7-9-10-12(3,4)16-13(5,6)14(10)11(15)8-2/h7-8,10H,1-2,9H2,3-6H3. The number of ether oxygens (including phenoxy) is 1. The molecule has 0 N–H and O–H groups in total. The average molecular weight is 223 g/mol. The quantitative estimate of drug-likeness (QED) is 0.543. The van der Waals surface area contributed by atoms with Crippen LogP contribution in [-0.2, 0) is 9.53 Å². The fourth-order valence-corrected chi connectivity index (χ4v) is 2.51. The number of rotatable bonds is 3. The molecule has 3 nitrogen and oxygen atoms in total. The van der Waals surface area contributed by atoms with Gasteiger partial charge >= 0.3 is 0 Å². The van der Waals surface area contributed by atoms with E-state index < -0.39 is 5.72 Å². The molecule has 0 aromatic rings. The molecule has 90 valence electrons. The summed E-state index contributed by atoms with van der Waals surface area (Å²) in [5.74, 6) is -0.0950. The Hall–Kier alpha value is -1.09. The third-order valence-corrected chi connectivity index (χ3v) is 3.01. The summed E-state index contributed by atoms with van der Waals surface area (Å²) in [5.41, 5.74) is -0.960. The molecule has 0 aromatic heterocycles. The molecule has 1 aliphatic rings. The van der Waals surface area contributed by atoms with E-state index in [-0.39, 0.29) is 17.6 Å². The molecule has 0 spiro atoms. The highest BCUT2D eigenvalue weighted by atomic mass is 16.6. The lowest BCUT2D eigenvalue weighted by atomic mass is 9.95. The van der Waals surface area contributed by atoms with Crippen molar-refractivity contribution in [1.82, 2.24) is 4.90 Å². The van der Waals surface area contributed by atoms with Crippen molar-refractivity contribution in [3.63, 3.8) is 0 Å². The molecule has 0 saturated carbocycles. The second-order valence-corrected chi connectivity index (χ2v) is 5.10. The van der Waals surface area contributed by atoms with Gasteiger partial charge in [-0.05, 0) is 40.2 Å². The maximum absolute atomic E-state index is 11.9. The summed E-state index contributed by atoms with van der Waals surface area (Å²) < 4.78 is 5.95. The first-order chi connectivity index (χ1) is 7.26. The van der Waals surface area contributed by atoms with Crippen molar-refractivity contribution < 1.29 is 9.53 Å². The van der Waals surface area contributed by atoms with Gasteiger partial charge < -0.3 is 9.64 Å². The van der Waals surface area contributed by atoms with E-state index in [1.807, 2.05) is 33.8 Å². The molecule has 3 heteroatoms. The SMILES string of the molecule is C=CCC1N(C(=O)C=C)C(C)(C)OC1(C)C. The molecule has 1 saturated heterocycles. The molecule has 1 unspecified atom stereocenters. The average Bonchev–Trinajstić information content (AvgIpc) is 2.31. The van der Waals surface area contributed by atoms with E-state index in [4.69, 9.17) is 4.74 Å². The predicted octanol–water partition coefficient (Wildman–Crippen LogP) is 2.49. The fourth-order valence-electron chi connectivity index (χ4n) is 2.51. The van der Waals surface area contributed by atoms with Crippen molar-refractivity contribution in [3.8, 4) is 0 Å². The Balaban J connectivity index is 3.12. The Morgan fingerprint density at radius 3 is 2.38 bits per heavy atom. The Labute approximate surface area is 97.8 Å². The number of amides is 1. The van der Waals surface area contributed by atoms with Crippen LogP contribution in [0.5, 0.6) is 0 Å². The van der Waals surface area contributed by atoms with Crippen molar-refractivity contribution in [3.05, 3.63) is 25.3 Å². The minimum absolute atomic E-state index is 0.00509. The molecule has 1 fully saturated rings. The molecular formula is C13H21NO2. The maximum Gasteiger partial charge on any atom is 0.248 e. The molecule has 1 atom stereocenters. The van der Waals surface area contributed by atoms with E-state index in [9.17, 15) is 4.79 Å². The molecule has 16 heavy (non-hydrogen) atoms. The highest BCUT2D eigenvalue weighted by Crippen LogP contribution is 2.40. The van der Waals surface area contributed by atoms with Crippen molar-refractivity contribution in [2.45, 2.75) is 51.5 Å². The van der Waals surface area contributed by atoms with Crippen LogP contribution in [0, 0.1) is 0 Å². The number of hydrogen-bond acceptors (Lipinski definition) is 2. The minimum Gasteiger partial charge on any atom is -0.348 e. The predicted molar refractivity (Wildman–Crippen MR) is 64.9 cm³/mol. The largest absolute Gasteiger partial charge is 0.348 e. The second-order valence-electron chi connectivity index (χ2n) is 5.10. The van der Waals surface area contributed by atoms with E-state index >= 15 is 0 Å². The first-order valence-corrected chi connectivity index (χ1v) is 5.53. The van der Waals surface area contributed by atoms with E-state index in [0.29, 0.717) is 0 Å². The highest BCUT2D eigenvalue weighted by molar-refractivity contribution is 5.88. The van der Waals surface area contributed by atoms with E-state index in [2.05, 4.69) is 13.2 Å². The third-order valence-electron chi connectivity index (χ3n) is 3.01. The van der Waals surface area contributed by atoms with Crippen LogP contribution in [0.2, 0.25) is 0 Å². The van der Waals surface area contributed by atoms with Gasteiger partial charge in [-0.3, -0.25) is 4.79 Å². The molecule has 0 aromatic carbocycles. The summed E-state index contributed by atoms with van der Waals surface area (Å²) in [5, 5.41) is 0. The van der Waals surface area contributed by atoms with Gasteiger partial charge in [0, 0.05) is 0 Å². The molecule has 0 bridgehead atoms. The van der Waals surface area contributed by atoms with Gasteiger partial charge in [-0.1, -0.05) is 12.7 Å². The van der Waals surface area contributed by atoms with Crippen LogP contribution in [0.15, 0.2) is 25.3 Å². The summed E-state index contributed by atoms with van der Waals surface area (Å²) in [4.78, 5) is 13.6. The summed E-state index contributed by atoms with van der Waals surface area (Å²) in [6.07, 6.45) is 3.87. The Morgan fingerprint density at radius 2 is 1.94 bits per heavy atom. The van der Waals surface area contributed by atoms with Gasteiger partial charge in [0.1, 0.15) is 5.72 Å². The highest BCUT2D eigenvalue weighted by Gasteiger charge is 2.52. The Bertz CT molecular complexity index is 318. The van der Waals surface area contributed by atoms with Gasteiger partial charge in [0.05, 0.1) is 11.6 Å². The van der Waals surface area contributed by atoms with E-state index in [0.717, 1.165) is 6.42 Å². The van der Waals surface area contributed by atoms with Crippen molar-refractivity contribution in [1.29, 1.82) is 0 Å². The number of carbonyl (C=O) groups excluding carboxylic acids is 1. The third kappa shape index (κ3) is 2.05. The first kappa shape index (κ1) is 13.0. The molecule has 1 aliphatic heterocycles. The van der Waals surface area contributed by atoms with Crippen LogP contribution < -0.4 is 0 Å². The van der Waals surface area contributed by atoms with Crippen LogP contribution in [0.3, 0.4) is 0 Å². The zero-order chi connectivity index (χ0) is 12.6. The Kier molecular flexibility index (Phi) is 3.29. The number of hydrogen-bond donors (Lipinski definition) is 0. The number of nitrogens with zero attached hydrogens (tertiary/aromatic N) is 1. The van der Waals surface area contributed by atoms with Crippen molar-refractivity contribution >= 4 is 5.91 Å². The molecular weight excluding hydrogens is 202 g/mol. The fraction of sp³-hybridized carbons (Fsp3) is 0.615. The van der Waals surface area contributed by atoms with E-state index in [1.165, 1.54) is 6.08 Å². The van der Waals surface area contributed by atoms with Gasteiger partial charge in [-0.25, -0.2) is 0 Å². The van der Waals surface area contributed by atoms with Crippen LogP contribution in [0.4, 0.5) is 0 Å². The zero-order valence-electron chi connectivity index (χ0n) is 10.6. The Morgan fingerprint density at radius 1 is 1.38 bits per heavy atom. The minimum atomic E-state index is -0.595.